The van der Waals surface area contributed by atoms with Crippen LogP contribution in [-0.4, -0.2) is 16.3 Å². The first-order chi connectivity index (χ1) is 8.22. The summed E-state index contributed by atoms with van der Waals surface area (Å²) in [6, 6.07) is 9.27. The Hall–Kier alpha value is -2.03. The highest BCUT2D eigenvalue weighted by Crippen LogP contribution is 2.21. The van der Waals surface area contributed by atoms with Crippen LogP contribution in [0.1, 0.15) is 35.9 Å². The first-order valence-electron chi connectivity index (χ1n) is 5.60. The number of hydrogen-bond acceptors (Lipinski definition) is 3. The second-order valence-electron chi connectivity index (χ2n) is 4.16. The summed E-state index contributed by atoms with van der Waals surface area (Å²) in [7, 11) is 0. The molecule has 0 aliphatic heterocycles. The molecular formula is C14H14N2O. The topological polar surface area (TPSA) is 42.9 Å². The molecule has 86 valence electrons. The minimum Gasteiger partial charge on any atom is -0.298 e. The summed E-state index contributed by atoms with van der Waals surface area (Å²) in [4.78, 5) is 19.7. The predicted molar refractivity (Wildman–Crippen MR) is 66.9 cm³/mol. The fourth-order valence-corrected chi connectivity index (χ4v) is 1.63. The Morgan fingerprint density at radius 2 is 1.94 bits per heavy atom. The molecular weight excluding hydrogens is 212 g/mol. The highest BCUT2D eigenvalue weighted by molar-refractivity contribution is 5.86. The lowest BCUT2D eigenvalue weighted by atomic mass is 10.1. The molecule has 3 nitrogen and oxygen atoms in total. The molecule has 17 heavy (non-hydrogen) atoms. The number of carbonyl (C=O) groups is 1. The van der Waals surface area contributed by atoms with Crippen molar-refractivity contribution in [3.63, 3.8) is 0 Å². The van der Waals surface area contributed by atoms with Crippen LogP contribution in [-0.2, 0) is 0 Å². The van der Waals surface area contributed by atoms with Gasteiger partial charge in [0, 0.05) is 23.2 Å². The zero-order valence-corrected chi connectivity index (χ0v) is 9.92. The lowest BCUT2D eigenvalue weighted by Crippen LogP contribution is -1.99. The van der Waals surface area contributed by atoms with Gasteiger partial charge >= 0.3 is 0 Å². The Bertz CT molecular complexity index is 535. The number of benzene rings is 1. The molecule has 0 aliphatic carbocycles. The van der Waals surface area contributed by atoms with Crippen LogP contribution in [0.2, 0.25) is 0 Å². The van der Waals surface area contributed by atoms with Gasteiger partial charge in [-0.05, 0) is 6.07 Å². The van der Waals surface area contributed by atoms with Crippen molar-refractivity contribution in [3.8, 4) is 11.3 Å². The highest BCUT2D eigenvalue weighted by atomic mass is 16.1. The minimum atomic E-state index is 0.276. The average molecular weight is 226 g/mol. The highest BCUT2D eigenvalue weighted by Gasteiger charge is 2.08. The van der Waals surface area contributed by atoms with Gasteiger partial charge in [-0.1, -0.05) is 38.1 Å². The number of aldehydes is 1. The smallest absolute Gasteiger partial charge is 0.150 e. The summed E-state index contributed by atoms with van der Waals surface area (Å²) in [5.41, 5.74) is 2.30. The largest absolute Gasteiger partial charge is 0.298 e. The van der Waals surface area contributed by atoms with Crippen molar-refractivity contribution in [2.45, 2.75) is 19.8 Å². The first kappa shape index (κ1) is 11.5. The quantitative estimate of drug-likeness (QED) is 0.755. The Balaban J connectivity index is 2.52. The van der Waals surface area contributed by atoms with Gasteiger partial charge < -0.3 is 0 Å². The lowest BCUT2D eigenvalue weighted by molar-refractivity contribution is 0.112. The van der Waals surface area contributed by atoms with E-state index in [1.54, 1.807) is 12.3 Å². The number of carbonyl (C=O) groups excluding carboxylic acids is 1. The van der Waals surface area contributed by atoms with E-state index in [9.17, 15) is 4.79 Å². The first-order valence-corrected chi connectivity index (χ1v) is 5.60. The lowest BCUT2D eigenvalue weighted by Gasteiger charge is -2.07. The molecule has 1 heterocycles. The van der Waals surface area contributed by atoms with Crippen molar-refractivity contribution in [2.24, 2.45) is 0 Å². The SMILES string of the molecule is CC(C)c1nccc(-c2ccccc2C=O)n1. The molecule has 0 N–H and O–H groups in total. The Morgan fingerprint density at radius 1 is 1.18 bits per heavy atom. The molecule has 0 saturated heterocycles. The predicted octanol–water partition coefficient (Wildman–Crippen LogP) is 3.08. The van der Waals surface area contributed by atoms with Crippen LogP contribution in [0.5, 0.6) is 0 Å². The van der Waals surface area contributed by atoms with E-state index in [0.717, 1.165) is 23.4 Å². The maximum absolute atomic E-state index is 11.0. The van der Waals surface area contributed by atoms with Gasteiger partial charge in [0.2, 0.25) is 0 Å². The number of nitrogens with zero attached hydrogens (tertiary/aromatic N) is 2. The van der Waals surface area contributed by atoms with Crippen LogP contribution in [0.4, 0.5) is 0 Å². The fourth-order valence-electron chi connectivity index (χ4n) is 1.63. The van der Waals surface area contributed by atoms with Crippen molar-refractivity contribution in [3.05, 3.63) is 47.9 Å². The van der Waals surface area contributed by atoms with Gasteiger partial charge in [0.15, 0.2) is 6.29 Å². The van der Waals surface area contributed by atoms with Gasteiger partial charge in [-0.25, -0.2) is 9.97 Å². The Kier molecular flexibility index (Phi) is 3.28. The van der Waals surface area contributed by atoms with Crippen molar-refractivity contribution in [1.29, 1.82) is 0 Å². The van der Waals surface area contributed by atoms with Gasteiger partial charge in [-0.2, -0.15) is 0 Å². The zero-order chi connectivity index (χ0) is 12.3. The molecule has 0 aliphatic rings. The molecule has 0 spiro atoms. The maximum Gasteiger partial charge on any atom is 0.150 e. The van der Waals surface area contributed by atoms with E-state index in [-0.39, 0.29) is 5.92 Å². The van der Waals surface area contributed by atoms with E-state index in [0.29, 0.717) is 5.56 Å². The second kappa shape index (κ2) is 4.87. The molecule has 0 unspecified atom stereocenters. The second-order valence-corrected chi connectivity index (χ2v) is 4.16. The number of hydrogen-bond donors (Lipinski definition) is 0. The van der Waals surface area contributed by atoms with Crippen molar-refractivity contribution in [2.75, 3.05) is 0 Å². The van der Waals surface area contributed by atoms with E-state index in [4.69, 9.17) is 0 Å². The summed E-state index contributed by atoms with van der Waals surface area (Å²) >= 11 is 0. The molecule has 1 aromatic heterocycles. The molecule has 0 radical (unpaired) electrons. The summed E-state index contributed by atoms with van der Waals surface area (Å²) in [6.07, 6.45) is 2.59. The van der Waals surface area contributed by atoms with Gasteiger partial charge in [0.1, 0.15) is 5.82 Å². The van der Waals surface area contributed by atoms with Crippen LogP contribution in [0.15, 0.2) is 36.5 Å². The van der Waals surface area contributed by atoms with Crippen LogP contribution in [0.25, 0.3) is 11.3 Å². The summed E-state index contributed by atoms with van der Waals surface area (Å²) in [5, 5.41) is 0. The Morgan fingerprint density at radius 3 is 2.65 bits per heavy atom. The third kappa shape index (κ3) is 2.38. The molecule has 3 heteroatoms. The number of aromatic nitrogens is 2. The Labute approximate surface area is 101 Å². The molecule has 0 saturated carbocycles. The normalized spacial score (nSPS) is 10.5. The van der Waals surface area contributed by atoms with Gasteiger partial charge in [-0.3, -0.25) is 4.79 Å². The van der Waals surface area contributed by atoms with E-state index >= 15 is 0 Å². The van der Waals surface area contributed by atoms with Crippen molar-refractivity contribution < 1.29 is 4.79 Å². The summed E-state index contributed by atoms with van der Waals surface area (Å²) in [6.45, 7) is 4.09. The average Bonchev–Trinajstić information content (AvgIpc) is 2.39. The van der Waals surface area contributed by atoms with Crippen LogP contribution in [0.3, 0.4) is 0 Å². The molecule has 0 amide bonds. The molecule has 0 bridgehead atoms. The monoisotopic (exact) mass is 226 g/mol. The maximum atomic E-state index is 11.0. The molecule has 2 rings (SSSR count). The minimum absolute atomic E-state index is 0.276. The van der Waals surface area contributed by atoms with Crippen LogP contribution in [0, 0.1) is 0 Å². The van der Waals surface area contributed by atoms with E-state index in [1.165, 1.54) is 0 Å². The van der Waals surface area contributed by atoms with Gasteiger partial charge in [0.05, 0.1) is 5.69 Å². The summed E-state index contributed by atoms with van der Waals surface area (Å²) in [5.74, 6) is 1.07. The third-order valence-electron chi connectivity index (χ3n) is 2.55. The molecule has 0 fully saturated rings. The van der Waals surface area contributed by atoms with Gasteiger partial charge in [-0.15, -0.1) is 0 Å². The zero-order valence-electron chi connectivity index (χ0n) is 9.92. The van der Waals surface area contributed by atoms with E-state index in [2.05, 4.69) is 9.97 Å². The van der Waals surface area contributed by atoms with E-state index in [1.807, 2.05) is 38.1 Å². The number of rotatable bonds is 3. The third-order valence-corrected chi connectivity index (χ3v) is 2.55. The van der Waals surface area contributed by atoms with Crippen LogP contribution >= 0.6 is 0 Å². The fraction of sp³-hybridized carbons (Fsp3) is 0.214. The molecule has 0 atom stereocenters. The van der Waals surface area contributed by atoms with Crippen molar-refractivity contribution in [1.82, 2.24) is 9.97 Å². The standard InChI is InChI=1S/C14H14N2O/c1-10(2)14-15-8-7-13(16-14)12-6-4-3-5-11(12)9-17/h3-10H,1-2H3. The van der Waals surface area contributed by atoms with Crippen molar-refractivity contribution >= 4 is 6.29 Å². The molecule has 1 aromatic carbocycles. The van der Waals surface area contributed by atoms with E-state index < -0.39 is 0 Å². The summed E-state index contributed by atoms with van der Waals surface area (Å²) < 4.78 is 0. The van der Waals surface area contributed by atoms with Gasteiger partial charge in [0.25, 0.3) is 0 Å². The molecule has 2 aromatic rings. The van der Waals surface area contributed by atoms with Crippen LogP contribution < -0.4 is 0 Å².